The van der Waals surface area contributed by atoms with Crippen LogP contribution in [0.3, 0.4) is 0 Å². The molecule has 0 aromatic heterocycles. The normalized spacial score (nSPS) is 30.9. The molecule has 1 unspecified atom stereocenters. The molecule has 25 heavy (non-hydrogen) atoms. The van der Waals surface area contributed by atoms with Crippen LogP contribution >= 0.6 is 0 Å². The maximum absolute atomic E-state index is 12.7. The molecular formula is C19H33N3O3. The number of carbonyl (C=O) groups excluding carboxylic acids is 1. The molecule has 3 aliphatic heterocycles. The van der Waals surface area contributed by atoms with Gasteiger partial charge < -0.3 is 19.7 Å². The molecule has 1 aliphatic carbocycles. The zero-order valence-electron chi connectivity index (χ0n) is 15.4. The van der Waals surface area contributed by atoms with Crippen LogP contribution in [0.1, 0.15) is 51.4 Å². The Balaban J connectivity index is 1.26. The summed E-state index contributed by atoms with van der Waals surface area (Å²) in [5.41, 5.74) is -0.0561. The van der Waals surface area contributed by atoms with Gasteiger partial charge in [0.1, 0.15) is 0 Å². The van der Waals surface area contributed by atoms with E-state index in [1.165, 1.54) is 38.6 Å². The average Bonchev–Trinajstić information content (AvgIpc) is 3.49. The lowest BCUT2D eigenvalue weighted by Gasteiger charge is -2.36. The van der Waals surface area contributed by atoms with E-state index in [-0.39, 0.29) is 11.6 Å². The number of amides is 2. The van der Waals surface area contributed by atoms with Crippen molar-refractivity contribution in [2.24, 2.45) is 0 Å². The summed E-state index contributed by atoms with van der Waals surface area (Å²) in [5.74, 6) is 0. The molecule has 4 rings (SSSR count). The maximum Gasteiger partial charge on any atom is 0.317 e. The van der Waals surface area contributed by atoms with E-state index < -0.39 is 0 Å². The highest BCUT2D eigenvalue weighted by molar-refractivity contribution is 5.74. The topological polar surface area (TPSA) is 54.0 Å². The quantitative estimate of drug-likeness (QED) is 0.845. The van der Waals surface area contributed by atoms with Crippen molar-refractivity contribution in [3.8, 4) is 0 Å². The minimum Gasteiger partial charge on any atom is -0.381 e. The number of urea groups is 1. The van der Waals surface area contributed by atoms with Crippen LogP contribution < -0.4 is 5.32 Å². The number of hydrogen-bond donors (Lipinski definition) is 1. The van der Waals surface area contributed by atoms with Crippen LogP contribution in [0.15, 0.2) is 0 Å². The van der Waals surface area contributed by atoms with Crippen LogP contribution in [0.5, 0.6) is 0 Å². The number of rotatable bonds is 3. The van der Waals surface area contributed by atoms with Crippen molar-refractivity contribution in [1.29, 1.82) is 0 Å². The van der Waals surface area contributed by atoms with Crippen molar-refractivity contribution in [2.45, 2.75) is 69.1 Å². The van der Waals surface area contributed by atoms with Crippen molar-refractivity contribution in [3.05, 3.63) is 0 Å². The number of carbonyl (C=O) groups is 1. The zero-order valence-corrected chi connectivity index (χ0v) is 15.4. The van der Waals surface area contributed by atoms with Crippen molar-refractivity contribution >= 4 is 6.03 Å². The molecule has 1 N–H and O–H groups in total. The van der Waals surface area contributed by atoms with Crippen LogP contribution in [0.25, 0.3) is 0 Å². The third-order valence-electron chi connectivity index (χ3n) is 6.48. The Labute approximate surface area is 151 Å². The fraction of sp³-hybridized carbons (Fsp3) is 0.947. The van der Waals surface area contributed by atoms with Gasteiger partial charge in [-0.2, -0.15) is 0 Å². The lowest BCUT2D eigenvalue weighted by Crippen LogP contribution is -2.50. The summed E-state index contributed by atoms with van der Waals surface area (Å²) < 4.78 is 11.6. The molecule has 0 aromatic carbocycles. The third-order valence-corrected chi connectivity index (χ3v) is 6.48. The molecule has 3 heterocycles. The molecule has 0 bridgehead atoms. The van der Waals surface area contributed by atoms with E-state index in [1.807, 2.05) is 4.90 Å². The van der Waals surface area contributed by atoms with Gasteiger partial charge in [0.25, 0.3) is 0 Å². The van der Waals surface area contributed by atoms with E-state index in [1.54, 1.807) is 0 Å². The van der Waals surface area contributed by atoms with E-state index in [0.717, 1.165) is 51.6 Å². The monoisotopic (exact) mass is 351 g/mol. The highest BCUT2D eigenvalue weighted by atomic mass is 16.5. The van der Waals surface area contributed by atoms with E-state index in [0.29, 0.717) is 19.2 Å². The predicted molar refractivity (Wildman–Crippen MR) is 95.7 cm³/mol. The standard InChI is InChI=1S/C19H33N3O3/c23-18(20-15-17-3-1-2-9-22(17)16-4-5-16)21-10-6-19(25-14-11-21)7-12-24-13-8-19/h16-17H,1-15H2,(H,20,23). The van der Waals surface area contributed by atoms with Crippen LogP contribution in [0.2, 0.25) is 0 Å². The summed E-state index contributed by atoms with van der Waals surface area (Å²) in [6, 6.07) is 1.42. The number of piperidine rings is 1. The molecule has 0 aromatic rings. The van der Waals surface area contributed by atoms with E-state index in [9.17, 15) is 4.79 Å². The van der Waals surface area contributed by atoms with Crippen molar-refractivity contribution in [3.63, 3.8) is 0 Å². The molecule has 6 nitrogen and oxygen atoms in total. The Kier molecular flexibility index (Phi) is 5.48. The molecule has 4 aliphatic rings. The summed E-state index contributed by atoms with van der Waals surface area (Å²) in [6.07, 6.45) is 9.38. The van der Waals surface area contributed by atoms with Gasteiger partial charge in [-0.3, -0.25) is 4.90 Å². The van der Waals surface area contributed by atoms with E-state index in [4.69, 9.17) is 9.47 Å². The van der Waals surface area contributed by atoms with Gasteiger partial charge in [0.05, 0.1) is 12.2 Å². The highest BCUT2D eigenvalue weighted by Gasteiger charge is 2.37. The number of nitrogens with zero attached hydrogens (tertiary/aromatic N) is 2. The van der Waals surface area contributed by atoms with Crippen molar-refractivity contribution in [2.75, 3.05) is 46.0 Å². The first-order valence-electron chi connectivity index (χ1n) is 10.3. The lowest BCUT2D eigenvalue weighted by atomic mass is 9.90. The second-order valence-electron chi connectivity index (χ2n) is 8.19. The summed E-state index contributed by atoms with van der Waals surface area (Å²) in [4.78, 5) is 17.3. The Hall–Kier alpha value is -0.850. The summed E-state index contributed by atoms with van der Waals surface area (Å²) in [6.45, 7) is 5.72. The Morgan fingerprint density at radius 1 is 1.00 bits per heavy atom. The molecule has 1 saturated carbocycles. The molecule has 0 radical (unpaired) electrons. The van der Waals surface area contributed by atoms with E-state index in [2.05, 4.69) is 10.2 Å². The summed E-state index contributed by atoms with van der Waals surface area (Å²) in [7, 11) is 0. The first-order valence-corrected chi connectivity index (χ1v) is 10.3. The number of hydrogen-bond acceptors (Lipinski definition) is 4. The molecule has 1 spiro atoms. The zero-order chi connectivity index (χ0) is 17.1. The number of nitrogens with one attached hydrogen (secondary N) is 1. The van der Waals surface area contributed by atoms with Gasteiger partial charge in [-0.25, -0.2) is 4.79 Å². The molecule has 6 heteroatoms. The van der Waals surface area contributed by atoms with Crippen LogP contribution in [0.4, 0.5) is 4.79 Å². The predicted octanol–water partition coefficient (Wildman–Crippen LogP) is 1.98. The Morgan fingerprint density at radius 3 is 2.64 bits per heavy atom. The second-order valence-corrected chi connectivity index (χ2v) is 8.19. The molecule has 142 valence electrons. The SMILES string of the molecule is O=C(NCC1CCCCN1C1CC1)N1CCOC2(CCOCC2)CC1. The minimum atomic E-state index is -0.0561. The minimum absolute atomic E-state index is 0.0561. The third kappa shape index (κ3) is 4.29. The van der Waals surface area contributed by atoms with Crippen LogP contribution in [-0.2, 0) is 9.47 Å². The fourth-order valence-corrected chi connectivity index (χ4v) is 4.68. The first kappa shape index (κ1) is 17.6. The number of likely N-dealkylation sites (tertiary alicyclic amines) is 1. The van der Waals surface area contributed by atoms with Gasteiger partial charge in [-0.15, -0.1) is 0 Å². The second kappa shape index (κ2) is 7.80. The van der Waals surface area contributed by atoms with Gasteiger partial charge in [0.15, 0.2) is 0 Å². The van der Waals surface area contributed by atoms with Crippen LogP contribution in [-0.4, -0.2) is 79.5 Å². The Bertz CT molecular complexity index is 463. The average molecular weight is 351 g/mol. The number of ether oxygens (including phenoxy) is 2. The van der Waals surface area contributed by atoms with Gasteiger partial charge in [0.2, 0.25) is 0 Å². The Morgan fingerprint density at radius 2 is 1.84 bits per heavy atom. The molecule has 2 amide bonds. The first-order chi connectivity index (χ1) is 12.3. The molecule has 4 fully saturated rings. The maximum atomic E-state index is 12.7. The highest BCUT2D eigenvalue weighted by Crippen LogP contribution is 2.33. The largest absolute Gasteiger partial charge is 0.381 e. The molecule has 3 saturated heterocycles. The molecule has 1 atom stereocenters. The van der Waals surface area contributed by atoms with Crippen molar-refractivity contribution < 1.29 is 14.3 Å². The smallest absolute Gasteiger partial charge is 0.317 e. The fourth-order valence-electron chi connectivity index (χ4n) is 4.68. The summed E-state index contributed by atoms with van der Waals surface area (Å²) >= 11 is 0. The molecular weight excluding hydrogens is 318 g/mol. The lowest BCUT2D eigenvalue weighted by molar-refractivity contribution is -0.105. The summed E-state index contributed by atoms with van der Waals surface area (Å²) in [5, 5.41) is 3.22. The van der Waals surface area contributed by atoms with E-state index >= 15 is 0 Å². The van der Waals surface area contributed by atoms with Crippen LogP contribution in [0, 0.1) is 0 Å². The van der Waals surface area contributed by atoms with Gasteiger partial charge in [-0.05, 0) is 51.5 Å². The van der Waals surface area contributed by atoms with Gasteiger partial charge in [-0.1, -0.05) is 6.42 Å². The van der Waals surface area contributed by atoms with Gasteiger partial charge in [0, 0.05) is 44.9 Å². The van der Waals surface area contributed by atoms with Crippen molar-refractivity contribution in [1.82, 2.24) is 15.1 Å². The van der Waals surface area contributed by atoms with Gasteiger partial charge >= 0.3 is 6.03 Å².